The third kappa shape index (κ3) is 5.38. The average Bonchev–Trinajstić information content (AvgIpc) is 3.15. The first kappa shape index (κ1) is 23.8. The van der Waals surface area contributed by atoms with Crippen LogP contribution in [-0.2, 0) is 19.6 Å². The van der Waals surface area contributed by atoms with Gasteiger partial charge in [-0.2, -0.15) is 9.40 Å². The van der Waals surface area contributed by atoms with Crippen LogP contribution in [0, 0.1) is 0 Å². The zero-order valence-corrected chi connectivity index (χ0v) is 18.8. The quantitative estimate of drug-likeness (QED) is 0.581. The summed E-state index contributed by atoms with van der Waals surface area (Å²) in [6, 6.07) is 5.49. The number of nitrogens with one attached hydrogen (secondary N) is 1. The number of carbonyl (C=O) groups is 2. The zero-order chi connectivity index (χ0) is 22.5. The van der Waals surface area contributed by atoms with Crippen LogP contribution >= 0.6 is 11.6 Å². The number of hydrogen-bond acceptors (Lipinski definition) is 6. The molecule has 0 fully saturated rings. The number of esters is 1. The molecule has 0 aliphatic rings. The van der Waals surface area contributed by atoms with Gasteiger partial charge in [0, 0.05) is 25.2 Å². The third-order valence-corrected chi connectivity index (χ3v) is 6.78. The summed E-state index contributed by atoms with van der Waals surface area (Å²) in [5.74, 6) is -0.906. The van der Waals surface area contributed by atoms with Crippen molar-refractivity contribution >= 4 is 39.3 Å². The number of carbonyl (C=O) groups excluding carboxylic acids is 2. The van der Waals surface area contributed by atoms with E-state index in [1.807, 2.05) is 13.8 Å². The second kappa shape index (κ2) is 10.1. The van der Waals surface area contributed by atoms with Crippen LogP contribution in [0.1, 0.15) is 44.1 Å². The van der Waals surface area contributed by atoms with E-state index in [-0.39, 0.29) is 34.6 Å². The number of halogens is 1. The van der Waals surface area contributed by atoms with Gasteiger partial charge in [-0.1, -0.05) is 25.4 Å². The number of amides is 1. The Morgan fingerprint density at radius 1 is 1.23 bits per heavy atom. The smallest absolute Gasteiger partial charge is 0.338 e. The van der Waals surface area contributed by atoms with Crippen LogP contribution in [0.25, 0.3) is 0 Å². The molecule has 1 heterocycles. The summed E-state index contributed by atoms with van der Waals surface area (Å²) in [5.41, 5.74) is -0.0230. The Morgan fingerprint density at radius 3 is 2.50 bits per heavy atom. The molecule has 1 aromatic heterocycles. The van der Waals surface area contributed by atoms with E-state index in [1.54, 1.807) is 30.8 Å². The van der Waals surface area contributed by atoms with E-state index in [0.717, 1.165) is 6.07 Å². The van der Waals surface area contributed by atoms with Crippen molar-refractivity contribution in [1.82, 2.24) is 14.1 Å². The fourth-order valence-electron chi connectivity index (χ4n) is 2.75. The monoisotopic (exact) mass is 456 g/mol. The van der Waals surface area contributed by atoms with Crippen molar-refractivity contribution in [2.24, 2.45) is 0 Å². The first-order valence-electron chi connectivity index (χ1n) is 9.42. The van der Waals surface area contributed by atoms with Gasteiger partial charge in [-0.05, 0) is 32.0 Å². The highest BCUT2D eigenvalue weighted by Crippen LogP contribution is 2.26. The van der Waals surface area contributed by atoms with Crippen molar-refractivity contribution in [2.75, 3.05) is 25.0 Å². The molecule has 0 bridgehead atoms. The van der Waals surface area contributed by atoms with Crippen LogP contribution < -0.4 is 5.32 Å². The van der Waals surface area contributed by atoms with Crippen molar-refractivity contribution in [1.29, 1.82) is 0 Å². The van der Waals surface area contributed by atoms with Gasteiger partial charge >= 0.3 is 5.97 Å². The van der Waals surface area contributed by atoms with Crippen LogP contribution in [0.2, 0.25) is 5.02 Å². The number of ether oxygens (including phenoxy) is 1. The number of anilines is 1. The highest BCUT2D eigenvalue weighted by atomic mass is 35.5. The second-order valence-electron chi connectivity index (χ2n) is 6.61. The van der Waals surface area contributed by atoms with E-state index < -0.39 is 28.5 Å². The van der Waals surface area contributed by atoms with Crippen molar-refractivity contribution in [3.8, 4) is 0 Å². The molecule has 0 aliphatic heterocycles. The summed E-state index contributed by atoms with van der Waals surface area (Å²) in [5, 5.41) is 6.71. The van der Waals surface area contributed by atoms with Crippen LogP contribution in [0.5, 0.6) is 0 Å². The van der Waals surface area contributed by atoms with E-state index in [0.29, 0.717) is 5.82 Å². The molecule has 30 heavy (non-hydrogen) atoms. The van der Waals surface area contributed by atoms with Crippen LogP contribution in [0.3, 0.4) is 0 Å². The standard InChI is InChI=1S/C19H25ClN4O5S/c1-5-23(6-2)30(27,28)16-11-14(7-8-15(16)20)19(26)29-12-18(25)22-17-9-10-21-24(17)13(3)4/h7-11,13H,5-6,12H2,1-4H3,(H,22,25). The summed E-state index contributed by atoms with van der Waals surface area (Å²) in [7, 11) is -3.86. The molecule has 0 saturated carbocycles. The van der Waals surface area contributed by atoms with Gasteiger partial charge in [-0.15, -0.1) is 0 Å². The maximum atomic E-state index is 12.7. The fraction of sp³-hybridized carbons (Fsp3) is 0.421. The lowest BCUT2D eigenvalue weighted by molar-refractivity contribution is -0.119. The van der Waals surface area contributed by atoms with Gasteiger partial charge in [-0.3, -0.25) is 4.79 Å². The van der Waals surface area contributed by atoms with E-state index in [9.17, 15) is 18.0 Å². The molecule has 1 aromatic carbocycles. The number of nitrogens with zero attached hydrogens (tertiary/aromatic N) is 3. The number of aromatic nitrogens is 2. The Kier molecular flexibility index (Phi) is 7.99. The van der Waals surface area contributed by atoms with E-state index in [4.69, 9.17) is 16.3 Å². The van der Waals surface area contributed by atoms with Crippen molar-refractivity contribution in [3.63, 3.8) is 0 Å². The van der Waals surface area contributed by atoms with Gasteiger partial charge < -0.3 is 10.1 Å². The molecule has 164 valence electrons. The van der Waals surface area contributed by atoms with Crippen LogP contribution in [0.4, 0.5) is 5.82 Å². The predicted octanol–water partition coefficient (Wildman–Crippen LogP) is 2.94. The molecule has 1 amide bonds. The minimum Gasteiger partial charge on any atom is -0.452 e. The highest BCUT2D eigenvalue weighted by Gasteiger charge is 2.26. The SMILES string of the molecule is CCN(CC)S(=O)(=O)c1cc(C(=O)OCC(=O)Nc2ccnn2C(C)C)ccc1Cl. The van der Waals surface area contributed by atoms with Gasteiger partial charge in [0.1, 0.15) is 10.7 Å². The van der Waals surface area contributed by atoms with E-state index in [2.05, 4.69) is 10.4 Å². The molecule has 2 rings (SSSR count). The number of benzene rings is 1. The predicted molar refractivity (Wildman–Crippen MR) is 113 cm³/mol. The van der Waals surface area contributed by atoms with E-state index in [1.165, 1.54) is 16.4 Å². The minimum absolute atomic E-state index is 0.00172. The molecule has 0 spiro atoms. The number of rotatable bonds is 9. The summed E-state index contributed by atoms with van der Waals surface area (Å²) in [6.45, 7) is 7.21. The molecule has 11 heteroatoms. The van der Waals surface area contributed by atoms with Crippen LogP contribution in [-0.4, -0.2) is 54.1 Å². The second-order valence-corrected chi connectivity index (χ2v) is 8.93. The first-order valence-corrected chi connectivity index (χ1v) is 11.2. The summed E-state index contributed by atoms with van der Waals surface area (Å²) in [6.07, 6.45) is 1.55. The summed E-state index contributed by atoms with van der Waals surface area (Å²) in [4.78, 5) is 24.3. The first-order chi connectivity index (χ1) is 14.1. The number of hydrogen-bond donors (Lipinski definition) is 1. The van der Waals surface area contributed by atoms with Crippen LogP contribution in [0.15, 0.2) is 35.4 Å². The summed E-state index contributed by atoms with van der Waals surface area (Å²) < 4.78 is 33.3. The zero-order valence-electron chi connectivity index (χ0n) is 17.3. The summed E-state index contributed by atoms with van der Waals surface area (Å²) >= 11 is 6.06. The Bertz CT molecular complexity index is 1020. The molecule has 2 aromatic rings. The molecular formula is C19H25ClN4O5S. The van der Waals surface area contributed by atoms with Gasteiger partial charge in [-0.25, -0.2) is 17.9 Å². The largest absolute Gasteiger partial charge is 0.452 e. The van der Waals surface area contributed by atoms with Crippen molar-refractivity contribution in [3.05, 3.63) is 41.0 Å². The lowest BCUT2D eigenvalue weighted by Gasteiger charge is -2.19. The highest BCUT2D eigenvalue weighted by molar-refractivity contribution is 7.89. The molecule has 0 unspecified atom stereocenters. The Labute approximate surface area is 181 Å². The number of sulfonamides is 1. The lowest BCUT2D eigenvalue weighted by Crippen LogP contribution is -2.31. The van der Waals surface area contributed by atoms with E-state index >= 15 is 0 Å². The molecule has 0 atom stereocenters. The molecule has 0 radical (unpaired) electrons. The molecule has 1 N–H and O–H groups in total. The lowest BCUT2D eigenvalue weighted by atomic mass is 10.2. The van der Waals surface area contributed by atoms with Crippen molar-refractivity contribution < 1.29 is 22.7 Å². The maximum Gasteiger partial charge on any atom is 0.338 e. The fourth-order valence-corrected chi connectivity index (χ4v) is 4.71. The minimum atomic E-state index is -3.86. The molecule has 0 saturated heterocycles. The van der Waals surface area contributed by atoms with Gasteiger partial charge in [0.2, 0.25) is 10.0 Å². The molecule has 0 aliphatic carbocycles. The van der Waals surface area contributed by atoms with Gasteiger partial charge in [0.15, 0.2) is 6.61 Å². The normalized spacial score (nSPS) is 11.7. The van der Waals surface area contributed by atoms with Crippen molar-refractivity contribution in [2.45, 2.75) is 38.6 Å². The Hall–Kier alpha value is -2.43. The maximum absolute atomic E-state index is 12.7. The Morgan fingerprint density at radius 2 is 1.90 bits per heavy atom. The molecular weight excluding hydrogens is 432 g/mol. The van der Waals surface area contributed by atoms with Gasteiger partial charge in [0.25, 0.3) is 5.91 Å². The molecule has 9 nitrogen and oxygen atoms in total. The average molecular weight is 457 g/mol. The Balaban J connectivity index is 2.11. The third-order valence-electron chi connectivity index (χ3n) is 4.25. The van der Waals surface area contributed by atoms with Gasteiger partial charge in [0.05, 0.1) is 16.8 Å². The topological polar surface area (TPSA) is 111 Å².